The van der Waals surface area contributed by atoms with Crippen LogP contribution in [0.5, 0.6) is 34.5 Å². The van der Waals surface area contributed by atoms with Gasteiger partial charge in [-0.25, -0.2) is 0 Å². The van der Waals surface area contributed by atoms with Crippen LogP contribution < -0.4 is 18.9 Å². The van der Waals surface area contributed by atoms with Crippen LogP contribution in [0, 0.1) is 0 Å². The summed E-state index contributed by atoms with van der Waals surface area (Å²) in [6.07, 6.45) is 3.04. The average molecular weight is 503 g/mol. The molecular weight excluding hydrogens is 475 g/mol. The van der Waals surface area contributed by atoms with E-state index in [1.165, 1.54) is 53.0 Å². The second-order valence-electron chi connectivity index (χ2n) is 6.11. The Labute approximate surface area is 203 Å². The molecule has 0 heterocycles. The molecule has 0 aliphatic heterocycles. The van der Waals surface area contributed by atoms with Crippen LogP contribution in [-0.2, 0) is 21.9 Å². The topological polar surface area (TPSA) is 139 Å². The van der Waals surface area contributed by atoms with Crippen LogP contribution >= 0.6 is 0 Å². The number of aliphatic imine (C=N–C) groups is 2. The van der Waals surface area contributed by atoms with E-state index in [0.717, 1.165) is 6.92 Å². The van der Waals surface area contributed by atoms with Crippen molar-refractivity contribution in [3.05, 3.63) is 35.4 Å². The van der Waals surface area contributed by atoms with Gasteiger partial charge in [0.25, 0.3) is 5.97 Å². The number of rotatable bonds is 9. The zero-order valence-corrected chi connectivity index (χ0v) is 20.2. The fraction of sp³-hybridized carbons (Fsp3) is 0.318. The molecule has 2 aromatic rings. The SMILES string of the molecule is CC(=O)O.COc1cc(O)c(C=NCCN=Cc2c(O)cc(OC)cc2OC)c(OC)c1.[Mn]. The first-order valence-corrected chi connectivity index (χ1v) is 9.36. The summed E-state index contributed by atoms with van der Waals surface area (Å²) in [5, 5.41) is 27.6. The zero-order valence-electron chi connectivity index (χ0n) is 19.0. The van der Waals surface area contributed by atoms with Gasteiger partial charge in [-0.1, -0.05) is 0 Å². The molecular formula is C22H28MnN2O8. The zero-order chi connectivity index (χ0) is 24.1. The first-order chi connectivity index (χ1) is 15.3. The quantitative estimate of drug-likeness (QED) is 0.270. The Kier molecular flexibility index (Phi) is 13.8. The van der Waals surface area contributed by atoms with E-state index in [9.17, 15) is 10.2 Å². The largest absolute Gasteiger partial charge is 0.507 e. The number of carboxylic acids is 1. The predicted molar refractivity (Wildman–Crippen MR) is 121 cm³/mol. The third kappa shape index (κ3) is 9.71. The summed E-state index contributed by atoms with van der Waals surface area (Å²) in [6.45, 7) is 1.84. The van der Waals surface area contributed by atoms with Crippen LogP contribution in [0.4, 0.5) is 0 Å². The van der Waals surface area contributed by atoms with Crippen LogP contribution in [0.3, 0.4) is 0 Å². The molecule has 0 aliphatic carbocycles. The van der Waals surface area contributed by atoms with Gasteiger partial charge >= 0.3 is 0 Å². The Hall–Kier alpha value is -3.43. The number of aliphatic carboxylic acids is 1. The van der Waals surface area contributed by atoms with Crippen molar-refractivity contribution in [1.29, 1.82) is 0 Å². The van der Waals surface area contributed by atoms with Gasteiger partial charge < -0.3 is 34.3 Å². The van der Waals surface area contributed by atoms with Crippen LogP contribution in [0.25, 0.3) is 0 Å². The van der Waals surface area contributed by atoms with Crippen molar-refractivity contribution < 1.29 is 56.1 Å². The molecule has 10 nitrogen and oxygen atoms in total. The first-order valence-electron chi connectivity index (χ1n) is 9.36. The Bertz CT molecular complexity index is 888. The summed E-state index contributed by atoms with van der Waals surface area (Å²) in [7, 11) is 6.03. The smallest absolute Gasteiger partial charge is 0.300 e. The Morgan fingerprint density at radius 3 is 1.39 bits per heavy atom. The summed E-state index contributed by atoms with van der Waals surface area (Å²) in [6, 6.07) is 6.30. The number of ether oxygens (including phenoxy) is 4. The standard InChI is InChI=1S/C20H24N2O6.C2H4O2.Mn/c1-25-13-7-17(23)15(19(9-13)27-3)11-21-5-6-22-12-16-18(24)8-14(26-2)10-20(16)28-4;1-2(3)4;/h7-12,23-24H,5-6H2,1-4H3;1H3,(H,3,4);. The van der Waals surface area contributed by atoms with E-state index >= 15 is 0 Å². The number of carbonyl (C=O) groups is 1. The molecule has 11 heteroatoms. The predicted octanol–water partition coefficient (Wildman–Crippen LogP) is 2.76. The Morgan fingerprint density at radius 1 is 0.788 bits per heavy atom. The minimum Gasteiger partial charge on any atom is -0.507 e. The molecule has 0 fully saturated rings. The van der Waals surface area contributed by atoms with Crippen molar-refractivity contribution in [3.63, 3.8) is 0 Å². The van der Waals surface area contributed by atoms with Gasteiger partial charge in [-0.2, -0.15) is 0 Å². The van der Waals surface area contributed by atoms with Crippen LogP contribution in [0.15, 0.2) is 34.3 Å². The molecule has 0 aromatic heterocycles. The number of benzene rings is 2. The van der Waals surface area contributed by atoms with Crippen molar-refractivity contribution in [2.24, 2.45) is 9.98 Å². The van der Waals surface area contributed by atoms with Crippen LogP contribution in [0.1, 0.15) is 18.1 Å². The third-order valence-electron chi connectivity index (χ3n) is 3.90. The first kappa shape index (κ1) is 29.6. The average Bonchev–Trinajstić information content (AvgIpc) is 2.76. The maximum absolute atomic E-state index is 10.1. The van der Waals surface area contributed by atoms with E-state index in [0.29, 0.717) is 47.2 Å². The number of hydrogen-bond donors (Lipinski definition) is 3. The Balaban J connectivity index is 0.00000189. The third-order valence-corrected chi connectivity index (χ3v) is 3.90. The van der Waals surface area contributed by atoms with E-state index in [4.69, 9.17) is 28.8 Å². The normalized spacial score (nSPS) is 10.2. The number of phenols is 2. The fourth-order valence-corrected chi connectivity index (χ4v) is 2.43. The molecule has 0 saturated carbocycles. The maximum atomic E-state index is 10.1. The minimum atomic E-state index is -0.833. The number of nitrogens with zero attached hydrogens (tertiary/aromatic N) is 2. The van der Waals surface area contributed by atoms with Crippen molar-refractivity contribution in [1.82, 2.24) is 0 Å². The second-order valence-corrected chi connectivity index (χ2v) is 6.11. The number of carboxylic acid groups (broad SMARTS) is 1. The summed E-state index contributed by atoms with van der Waals surface area (Å²) in [5.74, 6) is 1.08. The van der Waals surface area contributed by atoms with Gasteiger partial charge in [0.1, 0.15) is 34.5 Å². The number of methoxy groups -OCH3 is 4. The molecule has 2 aromatic carbocycles. The molecule has 0 aliphatic rings. The van der Waals surface area contributed by atoms with Crippen molar-refractivity contribution in [2.75, 3.05) is 41.5 Å². The van der Waals surface area contributed by atoms with Crippen molar-refractivity contribution in [2.45, 2.75) is 6.92 Å². The number of hydrogen-bond acceptors (Lipinski definition) is 9. The molecule has 33 heavy (non-hydrogen) atoms. The van der Waals surface area contributed by atoms with Gasteiger partial charge in [-0.3, -0.25) is 14.8 Å². The summed E-state index contributed by atoms with van der Waals surface area (Å²) in [5.41, 5.74) is 0.920. The molecule has 0 saturated heterocycles. The fourth-order valence-electron chi connectivity index (χ4n) is 2.43. The van der Waals surface area contributed by atoms with Crippen LogP contribution in [0.2, 0.25) is 0 Å². The van der Waals surface area contributed by atoms with E-state index in [-0.39, 0.29) is 28.6 Å². The second kappa shape index (κ2) is 15.4. The molecule has 0 bridgehead atoms. The van der Waals surface area contributed by atoms with E-state index < -0.39 is 5.97 Å². The molecule has 0 spiro atoms. The van der Waals surface area contributed by atoms with Gasteiger partial charge in [0.05, 0.1) is 52.7 Å². The summed E-state index contributed by atoms with van der Waals surface area (Å²) in [4.78, 5) is 17.5. The molecule has 181 valence electrons. The molecule has 1 radical (unpaired) electrons. The monoisotopic (exact) mass is 503 g/mol. The number of aromatic hydroxyl groups is 2. The number of phenolic OH excluding ortho intramolecular Hbond substituents is 2. The van der Waals surface area contributed by atoms with Gasteiger partial charge in [-0.15, -0.1) is 0 Å². The molecule has 0 atom stereocenters. The van der Waals surface area contributed by atoms with Crippen molar-refractivity contribution >= 4 is 18.4 Å². The van der Waals surface area contributed by atoms with Gasteiger partial charge in [0.15, 0.2) is 0 Å². The Morgan fingerprint density at radius 2 is 1.12 bits per heavy atom. The van der Waals surface area contributed by atoms with Gasteiger partial charge in [0.2, 0.25) is 0 Å². The summed E-state index contributed by atoms with van der Waals surface area (Å²) >= 11 is 0. The van der Waals surface area contributed by atoms with Crippen molar-refractivity contribution in [3.8, 4) is 34.5 Å². The van der Waals surface area contributed by atoms with E-state index in [1.807, 2.05) is 0 Å². The van der Waals surface area contributed by atoms with E-state index in [2.05, 4.69) is 9.98 Å². The molecule has 3 N–H and O–H groups in total. The molecule has 0 amide bonds. The molecule has 0 unspecified atom stereocenters. The minimum absolute atomic E-state index is 0. The molecule has 2 rings (SSSR count). The van der Waals surface area contributed by atoms with Gasteiger partial charge in [0, 0.05) is 60.7 Å². The van der Waals surface area contributed by atoms with E-state index in [1.54, 1.807) is 12.1 Å². The summed E-state index contributed by atoms with van der Waals surface area (Å²) < 4.78 is 20.7. The maximum Gasteiger partial charge on any atom is 0.300 e. The van der Waals surface area contributed by atoms with Gasteiger partial charge in [-0.05, 0) is 0 Å². The van der Waals surface area contributed by atoms with Crippen LogP contribution in [-0.4, -0.2) is 75.2 Å².